The van der Waals surface area contributed by atoms with Gasteiger partial charge >= 0.3 is 0 Å². The number of benzene rings is 2. The van der Waals surface area contributed by atoms with Gasteiger partial charge in [-0.25, -0.2) is 0 Å². The summed E-state index contributed by atoms with van der Waals surface area (Å²) in [5, 5.41) is 34.2. The van der Waals surface area contributed by atoms with Crippen LogP contribution in [0.1, 0.15) is 91.9 Å². The first-order valence-electron chi connectivity index (χ1n) is 13.5. The Kier molecular flexibility index (Phi) is 5.93. The van der Waals surface area contributed by atoms with Gasteiger partial charge in [-0.05, 0) is 56.7 Å². The minimum Gasteiger partial charge on any atom is -0.507 e. The van der Waals surface area contributed by atoms with Crippen LogP contribution in [0, 0.1) is 0 Å². The average molecular weight is 567 g/mol. The molecule has 0 radical (unpaired) electrons. The van der Waals surface area contributed by atoms with E-state index in [-0.39, 0.29) is 35.5 Å². The van der Waals surface area contributed by atoms with Crippen molar-refractivity contribution in [2.75, 3.05) is 0 Å². The molecule has 0 unspecified atom stereocenters. The van der Waals surface area contributed by atoms with Crippen molar-refractivity contribution in [1.82, 2.24) is 4.98 Å². The van der Waals surface area contributed by atoms with E-state index in [2.05, 4.69) is 9.98 Å². The Morgan fingerprint density at radius 2 is 1.57 bits per heavy atom. The van der Waals surface area contributed by atoms with Crippen molar-refractivity contribution in [1.29, 1.82) is 0 Å². The highest BCUT2D eigenvalue weighted by molar-refractivity contribution is 6.54. The fraction of sp³-hybridized carbons (Fsp3) is 0.250. The van der Waals surface area contributed by atoms with E-state index in [1.165, 1.54) is 0 Å². The number of aromatic nitrogens is 1. The molecule has 212 valence electrons. The zero-order valence-corrected chi connectivity index (χ0v) is 23.0. The van der Waals surface area contributed by atoms with Gasteiger partial charge in [-0.3, -0.25) is 29.0 Å². The van der Waals surface area contributed by atoms with Gasteiger partial charge < -0.3 is 20.3 Å². The summed E-state index contributed by atoms with van der Waals surface area (Å²) in [4.78, 5) is 74.5. The van der Waals surface area contributed by atoms with Crippen LogP contribution in [0.2, 0.25) is 0 Å². The Labute approximate surface area is 238 Å². The molecule has 1 aromatic heterocycles. The number of hydrogen-bond acceptors (Lipinski definition) is 9. The molecule has 6 rings (SSSR count). The van der Waals surface area contributed by atoms with Gasteiger partial charge in [0.15, 0.2) is 17.3 Å². The number of pyridine rings is 1. The minimum absolute atomic E-state index is 0.0830. The Bertz CT molecular complexity index is 1970. The number of H-pyrrole nitrogens is 1. The molecule has 4 N–H and O–H groups in total. The molecule has 2 aromatic carbocycles. The average Bonchev–Trinajstić information content (AvgIpc) is 3.41. The number of Topliss-reactive ketones (excluding diaryl/α,β-unsaturated/α-hetero) is 4. The van der Waals surface area contributed by atoms with Crippen molar-refractivity contribution in [2.24, 2.45) is 4.99 Å². The van der Waals surface area contributed by atoms with Gasteiger partial charge in [0.2, 0.25) is 5.78 Å². The van der Waals surface area contributed by atoms with Crippen molar-refractivity contribution in [2.45, 2.75) is 51.5 Å². The number of phenols is 3. The molecule has 3 aliphatic carbocycles. The lowest BCUT2D eigenvalue weighted by Gasteiger charge is -2.22. The van der Waals surface area contributed by atoms with Crippen LogP contribution >= 0.6 is 0 Å². The molecule has 0 saturated carbocycles. The first-order valence-corrected chi connectivity index (χ1v) is 13.5. The highest BCUT2D eigenvalue weighted by atomic mass is 16.3. The van der Waals surface area contributed by atoms with Crippen LogP contribution in [0.25, 0.3) is 16.8 Å². The van der Waals surface area contributed by atoms with Gasteiger partial charge in [0.25, 0.3) is 5.56 Å². The second kappa shape index (κ2) is 9.20. The number of aromatic hydroxyl groups is 3. The maximum Gasteiger partial charge on any atom is 0.260 e. The maximum absolute atomic E-state index is 14.1. The monoisotopic (exact) mass is 566 g/mol. The summed E-state index contributed by atoms with van der Waals surface area (Å²) in [5.41, 5.74) is -4.25. The van der Waals surface area contributed by atoms with Gasteiger partial charge in [-0.1, -0.05) is 24.3 Å². The summed E-state index contributed by atoms with van der Waals surface area (Å²) < 4.78 is 0. The molecule has 3 aromatic rings. The van der Waals surface area contributed by atoms with Crippen molar-refractivity contribution in [3.05, 3.63) is 79.8 Å². The Balaban J connectivity index is 1.58. The summed E-state index contributed by atoms with van der Waals surface area (Å²) in [6, 6.07) is 2.96. The summed E-state index contributed by atoms with van der Waals surface area (Å²) in [7, 11) is 0. The van der Waals surface area contributed by atoms with E-state index < -0.39 is 80.0 Å². The fourth-order valence-corrected chi connectivity index (χ4v) is 6.50. The lowest BCUT2D eigenvalue weighted by atomic mass is 9.76. The number of rotatable bonds is 3. The number of nitrogens with zero attached hydrogens (tertiary/aromatic N) is 1. The van der Waals surface area contributed by atoms with Crippen molar-refractivity contribution in [3.8, 4) is 17.2 Å². The largest absolute Gasteiger partial charge is 0.507 e. The second-order valence-electron chi connectivity index (χ2n) is 11.0. The Morgan fingerprint density at radius 3 is 2.21 bits per heavy atom. The molecule has 0 amide bonds. The molecule has 10 nitrogen and oxygen atoms in total. The zero-order valence-electron chi connectivity index (χ0n) is 23.0. The smallest absolute Gasteiger partial charge is 0.260 e. The molecule has 42 heavy (non-hydrogen) atoms. The first kappa shape index (κ1) is 27.1. The number of fused-ring (bicyclic) bond motifs is 5. The van der Waals surface area contributed by atoms with Gasteiger partial charge in [0.05, 0.1) is 39.8 Å². The van der Waals surface area contributed by atoms with Crippen molar-refractivity contribution in [3.63, 3.8) is 0 Å². The fourth-order valence-electron chi connectivity index (χ4n) is 6.50. The molecule has 0 saturated heterocycles. The molecular weight excluding hydrogens is 540 g/mol. The summed E-state index contributed by atoms with van der Waals surface area (Å²) >= 11 is 0. The molecule has 1 atom stereocenters. The molecule has 0 bridgehead atoms. The molecule has 0 aliphatic heterocycles. The van der Waals surface area contributed by atoms with Crippen molar-refractivity contribution < 1.29 is 34.5 Å². The zero-order chi connectivity index (χ0) is 30.2. The summed E-state index contributed by atoms with van der Waals surface area (Å²) in [5.74, 6) is -5.70. The third kappa shape index (κ3) is 3.44. The highest BCUT2D eigenvalue weighted by Gasteiger charge is 2.61. The molecular formula is C32H26N2O8. The normalized spacial score (nSPS) is 20.7. The summed E-state index contributed by atoms with van der Waals surface area (Å²) in [6.07, 6.45) is 6.63. The summed E-state index contributed by atoms with van der Waals surface area (Å²) in [6.45, 7) is 5.25. The Hall–Kier alpha value is -5.12. The number of hydrogen-bond donors (Lipinski definition) is 4. The van der Waals surface area contributed by atoms with E-state index in [9.17, 15) is 39.3 Å². The van der Waals surface area contributed by atoms with Gasteiger partial charge in [-0.15, -0.1) is 0 Å². The minimum atomic E-state index is -2.06. The number of nitrogens with one attached hydrogen (secondary N) is 1. The van der Waals surface area contributed by atoms with E-state index in [0.717, 1.165) is 0 Å². The van der Waals surface area contributed by atoms with Gasteiger partial charge in [0.1, 0.15) is 22.7 Å². The number of allylic oxidation sites excluding steroid dienone is 3. The van der Waals surface area contributed by atoms with Gasteiger partial charge in [-0.2, -0.15) is 0 Å². The topological polar surface area (TPSA) is 174 Å². The van der Waals surface area contributed by atoms with Crippen LogP contribution in [-0.4, -0.2) is 55.2 Å². The maximum atomic E-state index is 14.1. The van der Waals surface area contributed by atoms with Gasteiger partial charge in [0, 0.05) is 17.3 Å². The van der Waals surface area contributed by atoms with Crippen LogP contribution in [0.4, 0.5) is 0 Å². The van der Waals surface area contributed by atoms with Crippen LogP contribution in [0.3, 0.4) is 0 Å². The molecule has 1 heterocycles. The van der Waals surface area contributed by atoms with E-state index in [0.29, 0.717) is 16.6 Å². The SMILES string of the molecule is CC=CC=Cc1cc2cc3c(c(O)c2c(=O)[nH]1)[C@@]1(CC3)C(=O)c2c(O)c3c(c(O)c2C1=O)C(=O)C(=NC(C)C)CC3=O. The van der Waals surface area contributed by atoms with Crippen LogP contribution in [0.5, 0.6) is 17.2 Å². The number of carbonyl (C=O) groups is 4. The first-order chi connectivity index (χ1) is 19.9. The van der Waals surface area contributed by atoms with Crippen LogP contribution in [0.15, 0.2) is 40.1 Å². The van der Waals surface area contributed by atoms with E-state index in [1.54, 1.807) is 44.2 Å². The van der Waals surface area contributed by atoms with E-state index in [1.807, 2.05) is 13.0 Å². The predicted octanol–water partition coefficient (Wildman–Crippen LogP) is 4.12. The number of aryl methyl sites for hydroxylation is 1. The second-order valence-corrected chi connectivity index (χ2v) is 11.0. The quantitative estimate of drug-likeness (QED) is 0.208. The lowest BCUT2D eigenvalue weighted by Crippen LogP contribution is -2.36. The third-order valence-corrected chi connectivity index (χ3v) is 8.17. The molecule has 10 heteroatoms. The third-order valence-electron chi connectivity index (χ3n) is 8.17. The number of aliphatic imine (C=N–C) groups is 1. The Morgan fingerprint density at radius 1 is 0.905 bits per heavy atom. The van der Waals surface area contributed by atoms with E-state index in [4.69, 9.17) is 0 Å². The molecule has 0 fully saturated rings. The number of aromatic amines is 1. The van der Waals surface area contributed by atoms with Crippen LogP contribution in [-0.2, 0) is 11.8 Å². The number of ketones is 4. The predicted molar refractivity (Wildman–Crippen MR) is 154 cm³/mol. The lowest BCUT2D eigenvalue weighted by molar-refractivity contribution is 0.0790. The van der Waals surface area contributed by atoms with E-state index >= 15 is 0 Å². The number of carbonyl (C=O) groups excluding carboxylic acids is 4. The number of phenolic OH excluding ortho intramolecular Hbond substituents is 3. The van der Waals surface area contributed by atoms with Crippen LogP contribution < -0.4 is 5.56 Å². The molecule has 3 aliphatic rings. The van der Waals surface area contributed by atoms with Crippen molar-refractivity contribution >= 4 is 45.7 Å². The molecule has 1 spiro atoms. The highest BCUT2D eigenvalue weighted by Crippen LogP contribution is 2.57. The standard InChI is InChI=1S/C32H26N2O8/c1-4-5-6-7-16-11-15-10-14-8-9-32(24(14)28(39)19(15)31(42)34-16)29(40)22-23(30(32)41)27(38)21-20(26(22)37)18(35)12-17(25(21)36)33-13(2)3/h4-7,10-11,13,37-39H,8-9,12H2,1-3H3,(H,34,42)/t32-/m0/s1.